The maximum absolute atomic E-state index is 6.01. The summed E-state index contributed by atoms with van der Waals surface area (Å²) in [5, 5.41) is 4.61. The fourth-order valence-corrected chi connectivity index (χ4v) is 1.65. The Labute approximate surface area is 101 Å². The van der Waals surface area contributed by atoms with E-state index in [0.717, 1.165) is 31.9 Å². The van der Waals surface area contributed by atoms with Crippen LogP contribution in [0.2, 0.25) is 10.0 Å². The van der Waals surface area contributed by atoms with E-state index >= 15 is 0 Å². The van der Waals surface area contributed by atoms with Crippen LogP contribution in [0, 0.1) is 0 Å². The molecule has 0 amide bonds. The second-order valence-electron chi connectivity index (χ2n) is 3.11. The molecule has 1 rings (SSSR count). The highest BCUT2D eigenvalue weighted by molar-refractivity contribution is 6.35. The molecule has 0 saturated heterocycles. The van der Waals surface area contributed by atoms with Crippen molar-refractivity contribution in [3.63, 3.8) is 0 Å². The van der Waals surface area contributed by atoms with Gasteiger partial charge in [0.1, 0.15) is 0 Å². The van der Waals surface area contributed by atoms with Gasteiger partial charge < -0.3 is 10.1 Å². The predicted molar refractivity (Wildman–Crippen MR) is 64.7 cm³/mol. The SMILES string of the molecule is CCOCCNCc1ccc(Cl)cc1Cl. The Hall–Kier alpha value is -0.280. The molecule has 0 atom stereocenters. The molecule has 0 aliphatic carbocycles. The molecule has 0 radical (unpaired) electrons. The van der Waals surface area contributed by atoms with Crippen molar-refractivity contribution in [1.82, 2.24) is 5.32 Å². The number of halogens is 2. The van der Waals surface area contributed by atoms with Crippen LogP contribution in [0.3, 0.4) is 0 Å². The van der Waals surface area contributed by atoms with Crippen molar-refractivity contribution in [2.45, 2.75) is 13.5 Å². The molecule has 0 spiro atoms. The van der Waals surface area contributed by atoms with Crippen LogP contribution in [0.1, 0.15) is 12.5 Å². The van der Waals surface area contributed by atoms with E-state index in [1.807, 2.05) is 19.1 Å². The van der Waals surface area contributed by atoms with Crippen LogP contribution < -0.4 is 5.32 Å². The Bertz CT molecular complexity index is 305. The third-order valence-electron chi connectivity index (χ3n) is 1.96. The summed E-state index contributed by atoms with van der Waals surface area (Å²) >= 11 is 11.8. The van der Waals surface area contributed by atoms with E-state index in [9.17, 15) is 0 Å². The largest absolute Gasteiger partial charge is 0.380 e. The molecular formula is C11H15Cl2NO. The molecule has 0 heterocycles. The molecule has 84 valence electrons. The van der Waals surface area contributed by atoms with Gasteiger partial charge in [-0.25, -0.2) is 0 Å². The van der Waals surface area contributed by atoms with Crippen molar-refractivity contribution >= 4 is 23.2 Å². The van der Waals surface area contributed by atoms with Crippen LogP contribution in [-0.4, -0.2) is 19.8 Å². The topological polar surface area (TPSA) is 21.3 Å². The highest BCUT2D eigenvalue weighted by atomic mass is 35.5. The van der Waals surface area contributed by atoms with Crippen molar-refractivity contribution in [3.05, 3.63) is 33.8 Å². The van der Waals surface area contributed by atoms with Gasteiger partial charge in [0.2, 0.25) is 0 Å². The van der Waals surface area contributed by atoms with Crippen LogP contribution in [0.25, 0.3) is 0 Å². The molecule has 0 bridgehead atoms. The summed E-state index contributed by atoms with van der Waals surface area (Å²) in [5.41, 5.74) is 1.05. The summed E-state index contributed by atoms with van der Waals surface area (Å²) in [5.74, 6) is 0. The van der Waals surface area contributed by atoms with E-state index in [0.29, 0.717) is 10.0 Å². The van der Waals surface area contributed by atoms with Crippen molar-refractivity contribution in [1.29, 1.82) is 0 Å². The van der Waals surface area contributed by atoms with Gasteiger partial charge in [-0.2, -0.15) is 0 Å². The number of hydrogen-bond acceptors (Lipinski definition) is 2. The maximum atomic E-state index is 6.01. The van der Waals surface area contributed by atoms with E-state index in [2.05, 4.69) is 5.32 Å². The van der Waals surface area contributed by atoms with Gasteiger partial charge in [0.25, 0.3) is 0 Å². The Kier molecular flexibility index (Phi) is 6.03. The number of rotatable bonds is 6. The maximum Gasteiger partial charge on any atom is 0.0590 e. The monoisotopic (exact) mass is 247 g/mol. The van der Waals surface area contributed by atoms with Crippen LogP contribution in [0.15, 0.2) is 18.2 Å². The van der Waals surface area contributed by atoms with Gasteiger partial charge in [-0.3, -0.25) is 0 Å². The minimum Gasteiger partial charge on any atom is -0.380 e. The highest BCUT2D eigenvalue weighted by Gasteiger charge is 2.00. The smallest absolute Gasteiger partial charge is 0.0590 e. The van der Waals surface area contributed by atoms with Crippen LogP contribution >= 0.6 is 23.2 Å². The quantitative estimate of drug-likeness (QED) is 0.781. The van der Waals surface area contributed by atoms with Crippen molar-refractivity contribution in [2.75, 3.05) is 19.8 Å². The average Bonchev–Trinajstić information content (AvgIpc) is 2.20. The molecule has 1 N–H and O–H groups in total. The Morgan fingerprint density at radius 3 is 2.80 bits per heavy atom. The molecule has 0 aliphatic heterocycles. The summed E-state index contributed by atoms with van der Waals surface area (Å²) in [7, 11) is 0. The van der Waals surface area contributed by atoms with Gasteiger partial charge in [0.05, 0.1) is 6.61 Å². The lowest BCUT2D eigenvalue weighted by Gasteiger charge is -2.06. The Balaban J connectivity index is 2.31. The minimum absolute atomic E-state index is 0.665. The molecule has 0 saturated carbocycles. The van der Waals surface area contributed by atoms with E-state index in [-0.39, 0.29) is 0 Å². The van der Waals surface area contributed by atoms with E-state index in [4.69, 9.17) is 27.9 Å². The van der Waals surface area contributed by atoms with Gasteiger partial charge >= 0.3 is 0 Å². The van der Waals surface area contributed by atoms with Gasteiger partial charge in [-0.05, 0) is 24.6 Å². The first-order valence-corrected chi connectivity index (χ1v) is 5.72. The highest BCUT2D eigenvalue weighted by Crippen LogP contribution is 2.20. The molecule has 0 aromatic heterocycles. The van der Waals surface area contributed by atoms with Gasteiger partial charge in [-0.15, -0.1) is 0 Å². The summed E-state index contributed by atoms with van der Waals surface area (Å²) < 4.78 is 5.20. The molecule has 1 aromatic carbocycles. The Morgan fingerprint density at radius 2 is 2.13 bits per heavy atom. The number of hydrogen-bond donors (Lipinski definition) is 1. The first-order chi connectivity index (χ1) is 7.24. The van der Waals surface area contributed by atoms with Crippen LogP contribution in [-0.2, 0) is 11.3 Å². The predicted octanol–water partition coefficient (Wildman–Crippen LogP) is 3.12. The van der Waals surface area contributed by atoms with E-state index in [1.165, 1.54) is 0 Å². The molecule has 4 heteroatoms. The zero-order valence-electron chi connectivity index (χ0n) is 8.72. The molecule has 2 nitrogen and oxygen atoms in total. The summed E-state index contributed by atoms with van der Waals surface area (Å²) in [6.45, 7) is 5.02. The fraction of sp³-hybridized carbons (Fsp3) is 0.455. The number of nitrogens with one attached hydrogen (secondary N) is 1. The van der Waals surface area contributed by atoms with Crippen LogP contribution in [0.4, 0.5) is 0 Å². The number of ether oxygens (including phenoxy) is 1. The molecule has 0 fully saturated rings. The zero-order chi connectivity index (χ0) is 11.1. The Morgan fingerprint density at radius 1 is 1.33 bits per heavy atom. The fourth-order valence-electron chi connectivity index (χ4n) is 1.18. The molecule has 0 unspecified atom stereocenters. The van der Waals surface area contributed by atoms with Crippen molar-refractivity contribution < 1.29 is 4.74 Å². The zero-order valence-corrected chi connectivity index (χ0v) is 10.2. The average molecular weight is 248 g/mol. The first kappa shape index (κ1) is 12.8. The second kappa shape index (κ2) is 7.07. The third kappa shape index (κ3) is 4.85. The summed E-state index contributed by atoms with van der Waals surface area (Å²) in [6, 6.07) is 5.52. The van der Waals surface area contributed by atoms with Gasteiger partial charge in [0.15, 0.2) is 0 Å². The lowest BCUT2D eigenvalue weighted by atomic mass is 10.2. The molecular weight excluding hydrogens is 233 g/mol. The van der Waals surface area contributed by atoms with Gasteiger partial charge in [0, 0.05) is 29.7 Å². The first-order valence-electron chi connectivity index (χ1n) is 4.96. The molecule has 0 aliphatic rings. The summed E-state index contributed by atoms with van der Waals surface area (Å²) in [4.78, 5) is 0. The molecule has 15 heavy (non-hydrogen) atoms. The van der Waals surface area contributed by atoms with Crippen LogP contribution in [0.5, 0.6) is 0 Å². The minimum atomic E-state index is 0.665. The normalized spacial score (nSPS) is 10.6. The number of benzene rings is 1. The summed E-state index contributed by atoms with van der Waals surface area (Å²) in [6.07, 6.45) is 0. The standard InChI is InChI=1S/C11H15Cl2NO/c1-2-15-6-5-14-8-9-3-4-10(12)7-11(9)13/h3-4,7,14H,2,5-6,8H2,1H3. The molecule has 1 aromatic rings. The van der Waals surface area contributed by atoms with Gasteiger partial charge in [-0.1, -0.05) is 29.3 Å². The van der Waals surface area contributed by atoms with Crippen molar-refractivity contribution in [3.8, 4) is 0 Å². The lowest BCUT2D eigenvalue weighted by Crippen LogP contribution is -2.19. The van der Waals surface area contributed by atoms with Crippen molar-refractivity contribution in [2.24, 2.45) is 0 Å². The second-order valence-corrected chi connectivity index (χ2v) is 3.95. The van der Waals surface area contributed by atoms with E-state index < -0.39 is 0 Å². The third-order valence-corrected chi connectivity index (χ3v) is 2.54. The van der Waals surface area contributed by atoms with E-state index in [1.54, 1.807) is 6.07 Å². The lowest BCUT2D eigenvalue weighted by molar-refractivity contribution is 0.149.